The van der Waals surface area contributed by atoms with Crippen molar-refractivity contribution in [2.75, 3.05) is 5.32 Å². The molecule has 0 spiro atoms. The normalized spacial score (nSPS) is 16.4. The third-order valence-electron chi connectivity index (χ3n) is 3.44. The molecule has 1 aliphatic rings. The van der Waals surface area contributed by atoms with E-state index in [1.165, 1.54) is 5.56 Å². The minimum absolute atomic E-state index is 0.0150. The van der Waals surface area contributed by atoms with Crippen molar-refractivity contribution in [3.63, 3.8) is 0 Å². The molecule has 3 nitrogen and oxygen atoms in total. The van der Waals surface area contributed by atoms with Gasteiger partial charge in [0.1, 0.15) is 6.04 Å². The lowest BCUT2D eigenvalue weighted by Crippen LogP contribution is -2.38. The van der Waals surface area contributed by atoms with Crippen molar-refractivity contribution in [3.05, 3.63) is 64.7 Å². The SMILES string of the molecule is O=C(NCc1cccc(Cl)c1)C1Cc2ccccc2N1. The topological polar surface area (TPSA) is 41.1 Å². The molecule has 3 rings (SSSR count). The van der Waals surface area contributed by atoms with Crippen LogP contribution in [0.15, 0.2) is 48.5 Å². The molecule has 1 atom stereocenters. The molecule has 1 heterocycles. The van der Waals surface area contributed by atoms with E-state index in [1.807, 2.05) is 48.5 Å². The molecule has 0 radical (unpaired) electrons. The minimum Gasteiger partial charge on any atom is -0.373 e. The second-order valence-electron chi connectivity index (χ2n) is 4.91. The Morgan fingerprint density at radius 2 is 2.10 bits per heavy atom. The van der Waals surface area contributed by atoms with Crippen LogP contribution in [0, 0.1) is 0 Å². The monoisotopic (exact) mass is 286 g/mol. The lowest BCUT2D eigenvalue weighted by atomic mass is 10.1. The Morgan fingerprint density at radius 3 is 2.90 bits per heavy atom. The highest BCUT2D eigenvalue weighted by atomic mass is 35.5. The highest BCUT2D eigenvalue weighted by Gasteiger charge is 2.25. The van der Waals surface area contributed by atoms with Crippen LogP contribution in [-0.4, -0.2) is 11.9 Å². The molecule has 0 saturated carbocycles. The number of benzene rings is 2. The lowest BCUT2D eigenvalue weighted by molar-refractivity contribution is -0.121. The van der Waals surface area contributed by atoms with E-state index in [1.54, 1.807) is 0 Å². The van der Waals surface area contributed by atoms with E-state index in [0.717, 1.165) is 17.7 Å². The zero-order valence-corrected chi connectivity index (χ0v) is 11.7. The molecule has 0 fully saturated rings. The fourth-order valence-corrected chi connectivity index (χ4v) is 2.63. The quantitative estimate of drug-likeness (QED) is 0.911. The van der Waals surface area contributed by atoms with Gasteiger partial charge in [0.15, 0.2) is 0 Å². The number of halogens is 1. The first-order valence-electron chi connectivity index (χ1n) is 6.59. The highest BCUT2D eigenvalue weighted by molar-refractivity contribution is 6.30. The van der Waals surface area contributed by atoms with Crippen LogP contribution < -0.4 is 10.6 Å². The predicted molar refractivity (Wildman–Crippen MR) is 80.9 cm³/mol. The number of hydrogen-bond acceptors (Lipinski definition) is 2. The zero-order chi connectivity index (χ0) is 13.9. The molecule has 0 aliphatic carbocycles. The Morgan fingerprint density at radius 1 is 1.25 bits per heavy atom. The number of carbonyl (C=O) groups is 1. The van der Waals surface area contributed by atoms with Crippen molar-refractivity contribution in [2.45, 2.75) is 19.0 Å². The Balaban J connectivity index is 1.59. The number of para-hydroxylation sites is 1. The Kier molecular flexibility index (Phi) is 3.61. The molecule has 0 aromatic heterocycles. The van der Waals surface area contributed by atoms with Crippen LogP contribution in [0.3, 0.4) is 0 Å². The van der Waals surface area contributed by atoms with Gasteiger partial charge in [0.05, 0.1) is 0 Å². The summed E-state index contributed by atoms with van der Waals surface area (Å²) in [6.45, 7) is 0.494. The summed E-state index contributed by atoms with van der Waals surface area (Å²) in [6, 6.07) is 15.3. The van der Waals surface area contributed by atoms with Crippen LogP contribution >= 0.6 is 11.6 Å². The largest absolute Gasteiger partial charge is 0.373 e. The molecule has 2 aromatic rings. The van der Waals surface area contributed by atoms with Crippen molar-refractivity contribution >= 4 is 23.2 Å². The summed E-state index contributed by atoms with van der Waals surface area (Å²) in [5.41, 5.74) is 3.24. The van der Waals surface area contributed by atoms with Crippen molar-refractivity contribution in [1.82, 2.24) is 5.32 Å². The van der Waals surface area contributed by atoms with Crippen LogP contribution in [-0.2, 0) is 17.8 Å². The standard InChI is InChI=1S/C16H15ClN2O/c17-13-6-3-4-11(8-13)10-18-16(20)15-9-12-5-1-2-7-14(12)19-15/h1-8,15,19H,9-10H2,(H,18,20). The molecule has 2 N–H and O–H groups in total. The second-order valence-corrected chi connectivity index (χ2v) is 5.34. The predicted octanol–water partition coefficient (Wildman–Crippen LogP) is 2.99. The Bertz CT molecular complexity index is 617. The van der Waals surface area contributed by atoms with Crippen molar-refractivity contribution in [1.29, 1.82) is 0 Å². The van der Waals surface area contributed by atoms with Gasteiger partial charge in [0.2, 0.25) is 5.91 Å². The molecule has 1 amide bonds. The van der Waals surface area contributed by atoms with Gasteiger partial charge in [-0.25, -0.2) is 0 Å². The van der Waals surface area contributed by atoms with Crippen LogP contribution in [0.4, 0.5) is 5.69 Å². The highest BCUT2D eigenvalue weighted by Crippen LogP contribution is 2.25. The van der Waals surface area contributed by atoms with Gasteiger partial charge >= 0.3 is 0 Å². The van der Waals surface area contributed by atoms with Gasteiger partial charge in [0.25, 0.3) is 0 Å². The van der Waals surface area contributed by atoms with Crippen LogP contribution in [0.25, 0.3) is 0 Å². The lowest BCUT2D eigenvalue weighted by Gasteiger charge is -2.12. The van der Waals surface area contributed by atoms with E-state index < -0.39 is 0 Å². The number of carbonyl (C=O) groups excluding carboxylic acids is 1. The van der Waals surface area contributed by atoms with E-state index in [2.05, 4.69) is 10.6 Å². The van der Waals surface area contributed by atoms with E-state index in [0.29, 0.717) is 11.6 Å². The summed E-state index contributed by atoms with van der Waals surface area (Å²) in [5.74, 6) is 0.0150. The van der Waals surface area contributed by atoms with Crippen LogP contribution in [0.2, 0.25) is 5.02 Å². The first kappa shape index (κ1) is 13.0. The molecular weight excluding hydrogens is 272 g/mol. The maximum absolute atomic E-state index is 12.2. The fourth-order valence-electron chi connectivity index (χ4n) is 2.42. The smallest absolute Gasteiger partial charge is 0.243 e. The summed E-state index contributed by atoms with van der Waals surface area (Å²) >= 11 is 5.92. The van der Waals surface area contributed by atoms with Crippen LogP contribution in [0.5, 0.6) is 0 Å². The van der Waals surface area contributed by atoms with E-state index in [4.69, 9.17) is 11.6 Å². The van der Waals surface area contributed by atoms with E-state index in [9.17, 15) is 4.79 Å². The molecule has 1 unspecified atom stereocenters. The fraction of sp³-hybridized carbons (Fsp3) is 0.188. The second kappa shape index (κ2) is 5.55. The minimum atomic E-state index is -0.188. The summed E-state index contributed by atoms with van der Waals surface area (Å²) in [4.78, 5) is 12.2. The molecule has 0 bridgehead atoms. The van der Waals surface area contributed by atoms with E-state index >= 15 is 0 Å². The van der Waals surface area contributed by atoms with Gasteiger partial charge in [-0.2, -0.15) is 0 Å². The van der Waals surface area contributed by atoms with Gasteiger partial charge < -0.3 is 10.6 Å². The Labute approximate surface area is 123 Å². The number of fused-ring (bicyclic) bond motifs is 1. The van der Waals surface area contributed by atoms with Crippen molar-refractivity contribution in [2.24, 2.45) is 0 Å². The number of anilines is 1. The van der Waals surface area contributed by atoms with Crippen molar-refractivity contribution < 1.29 is 4.79 Å². The average molecular weight is 287 g/mol. The maximum Gasteiger partial charge on any atom is 0.243 e. The zero-order valence-electron chi connectivity index (χ0n) is 10.9. The summed E-state index contributed by atoms with van der Waals surface area (Å²) in [6.07, 6.45) is 0.734. The Hall–Kier alpha value is -2.00. The first-order chi connectivity index (χ1) is 9.72. The summed E-state index contributed by atoms with van der Waals surface area (Å²) in [5, 5.41) is 6.87. The number of hydrogen-bond donors (Lipinski definition) is 2. The van der Waals surface area contributed by atoms with Crippen LogP contribution in [0.1, 0.15) is 11.1 Å². The third-order valence-corrected chi connectivity index (χ3v) is 3.68. The van der Waals surface area contributed by atoms with Gasteiger partial charge in [0, 0.05) is 23.7 Å². The molecule has 102 valence electrons. The number of amides is 1. The molecule has 2 aromatic carbocycles. The summed E-state index contributed by atoms with van der Waals surface area (Å²) < 4.78 is 0. The van der Waals surface area contributed by atoms with Crippen molar-refractivity contribution in [3.8, 4) is 0 Å². The molecular formula is C16H15ClN2O. The van der Waals surface area contributed by atoms with Gasteiger partial charge in [-0.3, -0.25) is 4.79 Å². The molecule has 4 heteroatoms. The van der Waals surface area contributed by atoms with E-state index in [-0.39, 0.29) is 11.9 Å². The van der Waals surface area contributed by atoms with Gasteiger partial charge in [-0.15, -0.1) is 0 Å². The molecule has 20 heavy (non-hydrogen) atoms. The van der Waals surface area contributed by atoms with Gasteiger partial charge in [-0.1, -0.05) is 41.9 Å². The van der Waals surface area contributed by atoms with Gasteiger partial charge in [-0.05, 0) is 29.3 Å². The molecule has 1 aliphatic heterocycles. The third kappa shape index (κ3) is 2.78. The number of nitrogens with one attached hydrogen (secondary N) is 2. The average Bonchev–Trinajstić information content (AvgIpc) is 2.89. The number of rotatable bonds is 3. The maximum atomic E-state index is 12.2. The molecule has 0 saturated heterocycles. The first-order valence-corrected chi connectivity index (χ1v) is 6.97. The summed E-state index contributed by atoms with van der Waals surface area (Å²) in [7, 11) is 0.